The largest absolute Gasteiger partial charge is 0.483 e. The summed E-state index contributed by atoms with van der Waals surface area (Å²) in [6.45, 7) is 2.97. The molecule has 0 aromatic heterocycles. The number of hydrogen-bond donors (Lipinski definition) is 0. The molecule has 1 aromatic carbocycles. The monoisotopic (exact) mass is 319 g/mol. The molecule has 7 heteroatoms. The zero-order chi connectivity index (χ0) is 13.9. The van der Waals surface area contributed by atoms with Crippen LogP contribution in [0.2, 0.25) is 0 Å². The average Bonchev–Trinajstić information content (AvgIpc) is 2.21. The molecule has 0 amide bonds. The van der Waals surface area contributed by atoms with Gasteiger partial charge in [-0.05, 0) is 29.8 Å². The van der Waals surface area contributed by atoms with Crippen LogP contribution in [0.4, 0.5) is 10.1 Å². The standard InChI is InChI=1S/C11H11BrFNO4/c1-6(15)3-7(2)18-11-5-9(13)8(12)4-10(11)14(16)17/h4-5,7H,3H2,1-2H3. The lowest BCUT2D eigenvalue weighted by Gasteiger charge is -2.13. The minimum absolute atomic E-state index is 0.0132. The van der Waals surface area contributed by atoms with Crippen molar-refractivity contribution in [2.75, 3.05) is 0 Å². The number of benzene rings is 1. The minimum atomic E-state index is -0.667. The lowest BCUT2D eigenvalue weighted by atomic mass is 10.2. The summed E-state index contributed by atoms with van der Waals surface area (Å²) >= 11 is 2.87. The molecule has 0 heterocycles. The molecular formula is C11H11BrFNO4. The number of rotatable bonds is 5. The molecule has 0 aliphatic carbocycles. The Morgan fingerprint density at radius 2 is 2.22 bits per heavy atom. The predicted octanol–water partition coefficient (Wildman–Crippen LogP) is 3.24. The molecule has 0 N–H and O–H groups in total. The molecule has 1 rings (SSSR count). The molecule has 0 radical (unpaired) electrons. The van der Waals surface area contributed by atoms with Crippen LogP contribution in [0.5, 0.6) is 5.75 Å². The molecule has 98 valence electrons. The molecule has 0 spiro atoms. The van der Waals surface area contributed by atoms with E-state index in [1.165, 1.54) is 6.92 Å². The van der Waals surface area contributed by atoms with Crippen molar-refractivity contribution < 1.29 is 18.8 Å². The topological polar surface area (TPSA) is 69.4 Å². The van der Waals surface area contributed by atoms with Gasteiger partial charge in [0.25, 0.3) is 0 Å². The molecule has 1 atom stereocenters. The van der Waals surface area contributed by atoms with Crippen LogP contribution < -0.4 is 4.74 Å². The van der Waals surface area contributed by atoms with E-state index < -0.39 is 16.8 Å². The first-order valence-electron chi connectivity index (χ1n) is 5.10. The number of halogens is 2. The van der Waals surface area contributed by atoms with Crippen LogP contribution in [0.15, 0.2) is 16.6 Å². The Balaban J connectivity index is 3.03. The maximum atomic E-state index is 13.3. The van der Waals surface area contributed by atoms with Gasteiger partial charge < -0.3 is 4.74 Å². The maximum absolute atomic E-state index is 13.3. The van der Waals surface area contributed by atoms with Crippen molar-refractivity contribution in [3.05, 3.63) is 32.5 Å². The maximum Gasteiger partial charge on any atom is 0.312 e. The van der Waals surface area contributed by atoms with E-state index in [9.17, 15) is 19.3 Å². The van der Waals surface area contributed by atoms with E-state index in [1.807, 2.05) is 0 Å². The molecule has 0 saturated carbocycles. The van der Waals surface area contributed by atoms with Gasteiger partial charge in [-0.25, -0.2) is 4.39 Å². The highest BCUT2D eigenvalue weighted by Gasteiger charge is 2.21. The summed E-state index contributed by atoms with van der Waals surface area (Å²) in [7, 11) is 0. The Morgan fingerprint density at radius 3 is 2.72 bits per heavy atom. The van der Waals surface area contributed by atoms with E-state index in [-0.39, 0.29) is 28.1 Å². The van der Waals surface area contributed by atoms with E-state index in [4.69, 9.17) is 4.74 Å². The third kappa shape index (κ3) is 3.76. The predicted molar refractivity (Wildman–Crippen MR) is 66.1 cm³/mol. The summed E-state index contributed by atoms with van der Waals surface area (Å²) in [4.78, 5) is 21.0. The van der Waals surface area contributed by atoms with Crippen molar-refractivity contribution in [1.82, 2.24) is 0 Å². The number of nitrogens with zero attached hydrogens (tertiary/aromatic N) is 1. The number of ketones is 1. The average molecular weight is 320 g/mol. The van der Waals surface area contributed by atoms with Gasteiger partial charge in [-0.2, -0.15) is 0 Å². The molecular weight excluding hydrogens is 309 g/mol. The lowest BCUT2D eigenvalue weighted by molar-refractivity contribution is -0.386. The molecule has 18 heavy (non-hydrogen) atoms. The van der Waals surface area contributed by atoms with E-state index in [0.29, 0.717) is 0 Å². The highest BCUT2D eigenvalue weighted by molar-refractivity contribution is 9.10. The first-order valence-corrected chi connectivity index (χ1v) is 5.90. The van der Waals surface area contributed by atoms with Crippen molar-refractivity contribution in [2.45, 2.75) is 26.4 Å². The van der Waals surface area contributed by atoms with Crippen molar-refractivity contribution in [1.29, 1.82) is 0 Å². The van der Waals surface area contributed by atoms with Gasteiger partial charge in [0.05, 0.1) is 9.40 Å². The third-order valence-corrected chi connectivity index (χ3v) is 2.71. The summed E-state index contributed by atoms with van der Waals surface area (Å²) in [5.74, 6) is -0.956. The number of nitro groups is 1. The van der Waals surface area contributed by atoms with Crippen LogP contribution in [0, 0.1) is 15.9 Å². The number of nitro benzene ring substituents is 1. The Kier molecular flexibility index (Phi) is 4.77. The molecule has 0 aliphatic heterocycles. The molecule has 1 unspecified atom stereocenters. The highest BCUT2D eigenvalue weighted by atomic mass is 79.9. The van der Waals surface area contributed by atoms with Gasteiger partial charge in [0, 0.05) is 18.6 Å². The van der Waals surface area contributed by atoms with Gasteiger partial charge >= 0.3 is 5.69 Å². The van der Waals surface area contributed by atoms with Gasteiger partial charge in [0.1, 0.15) is 17.7 Å². The van der Waals surface area contributed by atoms with Gasteiger partial charge in [-0.15, -0.1) is 0 Å². The zero-order valence-electron chi connectivity index (χ0n) is 9.78. The highest BCUT2D eigenvalue weighted by Crippen LogP contribution is 2.33. The van der Waals surface area contributed by atoms with E-state index >= 15 is 0 Å². The second kappa shape index (κ2) is 5.90. The van der Waals surface area contributed by atoms with Crippen LogP contribution in [-0.4, -0.2) is 16.8 Å². The summed E-state index contributed by atoms with van der Waals surface area (Å²) in [5, 5.41) is 10.8. The van der Waals surface area contributed by atoms with Crippen LogP contribution >= 0.6 is 15.9 Å². The van der Waals surface area contributed by atoms with E-state index in [0.717, 1.165) is 12.1 Å². The van der Waals surface area contributed by atoms with E-state index in [2.05, 4.69) is 15.9 Å². The fraction of sp³-hybridized carbons (Fsp3) is 0.364. The first-order chi connectivity index (χ1) is 8.31. The van der Waals surface area contributed by atoms with Crippen LogP contribution in [-0.2, 0) is 4.79 Å². The quantitative estimate of drug-likeness (QED) is 0.617. The number of carbonyl (C=O) groups is 1. The fourth-order valence-electron chi connectivity index (χ4n) is 1.42. The van der Waals surface area contributed by atoms with Gasteiger partial charge in [0.2, 0.25) is 0 Å². The molecule has 5 nitrogen and oxygen atoms in total. The lowest BCUT2D eigenvalue weighted by Crippen LogP contribution is -2.16. The molecule has 0 aliphatic rings. The molecule has 0 saturated heterocycles. The molecule has 0 fully saturated rings. The number of Topliss-reactive ketones (excluding diaryl/α,β-unsaturated/α-hetero) is 1. The Bertz CT molecular complexity index is 492. The molecule has 1 aromatic rings. The van der Waals surface area contributed by atoms with Gasteiger partial charge in [-0.1, -0.05) is 0 Å². The SMILES string of the molecule is CC(=O)CC(C)Oc1cc(F)c(Br)cc1[N+](=O)[O-]. The number of carbonyl (C=O) groups excluding carboxylic acids is 1. The van der Waals surface area contributed by atoms with Crippen molar-refractivity contribution in [3.63, 3.8) is 0 Å². The van der Waals surface area contributed by atoms with Gasteiger partial charge in [-0.3, -0.25) is 14.9 Å². The Hall–Kier alpha value is -1.50. The normalized spacial score (nSPS) is 12.0. The number of hydrogen-bond acceptors (Lipinski definition) is 4. The summed E-state index contributed by atoms with van der Waals surface area (Å²) in [6, 6.07) is 1.96. The fourth-order valence-corrected chi connectivity index (χ4v) is 1.75. The zero-order valence-corrected chi connectivity index (χ0v) is 11.4. The summed E-state index contributed by atoms with van der Waals surface area (Å²) in [6.07, 6.45) is -0.448. The van der Waals surface area contributed by atoms with Crippen molar-refractivity contribution >= 4 is 27.4 Å². The van der Waals surface area contributed by atoms with Crippen LogP contribution in [0.1, 0.15) is 20.3 Å². The van der Waals surface area contributed by atoms with E-state index in [1.54, 1.807) is 6.92 Å². The Labute approximate surface area is 111 Å². The first kappa shape index (κ1) is 14.6. The summed E-state index contributed by atoms with van der Waals surface area (Å²) in [5.41, 5.74) is -0.348. The second-order valence-corrected chi connectivity index (χ2v) is 4.68. The smallest absolute Gasteiger partial charge is 0.312 e. The van der Waals surface area contributed by atoms with Crippen molar-refractivity contribution in [2.24, 2.45) is 0 Å². The minimum Gasteiger partial charge on any atom is -0.483 e. The van der Waals surface area contributed by atoms with Crippen LogP contribution in [0.25, 0.3) is 0 Å². The van der Waals surface area contributed by atoms with Crippen molar-refractivity contribution in [3.8, 4) is 5.75 Å². The molecule has 0 bridgehead atoms. The number of ether oxygens (including phenoxy) is 1. The third-order valence-electron chi connectivity index (χ3n) is 2.10. The Morgan fingerprint density at radius 1 is 1.61 bits per heavy atom. The second-order valence-electron chi connectivity index (χ2n) is 3.83. The summed E-state index contributed by atoms with van der Waals surface area (Å²) < 4.78 is 18.5. The van der Waals surface area contributed by atoms with Gasteiger partial charge in [0.15, 0.2) is 5.75 Å². The van der Waals surface area contributed by atoms with Crippen LogP contribution in [0.3, 0.4) is 0 Å².